The topological polar surface area (TPSA) is 34.9 Å². The highest BCUT2D eigenvalue weighted by Gasteiger charge is 2.09. The van der Waals surface area contributed by atoms with Gasteiger partial charge in [0.05, 0.1) is 16.1 Å². The van der Waals surface area contributed by atoms with E-state index in [1.54, 1.807) is 23.0 Å². The van der Waals surface area contributed by atoms with E-state index in [1.807, 2.05) is 7.05 Å². The molecule has 13 heavy (non-hydrogen) atoms. The molecule has 0 N–H and O–H groups in total. The van der Waals surface area contributed by atoms with Gasteiger partial charge < -0.3 is 4.57 Å². The highest BCUT2D eigenvalue weighted by molar-refractivity contribution is 6.35. The molecule has 0 aromatic carbocycles. The number of aldehydes is 1. The van der Waals surface area contributed by atoms with Crippen molar-refractivity contribution in [3.63, 3.8) is 0 Å². The molecule has 0 aliphatic rings. The number of carbonyl (C=O) groups excluding carboxylic acids is 1. The van der Waals surface area contributed by atoms with Gasteiger partial charge in [-0.3, -0.25) is 9.78 Å². The fraction of sp³-hybridized carbons (Fsp3) is 0.111. The molecule has 2 aromatic heterocycles. The third kappa shape index (κ3) is 1.12. The molecule has 2 rings (SSSR count). The Morgan fingerprint density at radius 1 is 1.62 bits per heavy atom. The average Bonchev–Trinajstić information content (AvgIpc) is 2.44. The van der Waals surface area contributed by atoms with Gasteiger partial charge in [0, 0.05) is 19.4 Å². The van der Waals surface area contributed by atoms with Crippen molar-refractivity contribution in [2.24, 2.45) is 7.05 Å². The van der Waals surface area contributed by atoms with Crippen LogP contribution in [0.3, 0.4) is 0 Å². The molecule has 0 saturated carbocycles. The Labute approximate surface area is 79.9 Å². The van der Waals surface area contributed by atoms with E-state index in [4.69, 9.17) is 11.6 Å². The number of fused-ring (bicyclic) bond motifs is 1. The molecule has 3 nitrogen and oxygen atoms in total. The number of pyridine rings is 1. The normalized spacial score (nSPS) is 10.6. The van der Waals surface area contributed by atoms with Gasteiger partial charge in [-0.15, -0.1) is 0 Å². The summed E-state index contributed by atoms with van der Waals surface area (Å²) in [7, 11) is 1.84. The SMILES string of the molecule is Cn1cc(C=O)c2nccc(Cl)c21. The summed E-state index contributed by atoms with van der Waals surface area (Å²) in [5, 5.41) is 0.612. The summed E-state index contributed by atoms with van der Waals surface area (Å²) >= 11 is 5.96. The van der Waals surface area contributed by atoms with Crippen molar-refractivity contribution in [3.05, 3.63) is 29.0 Å². The molecule has 2 aromatic rings. The third-order valence-electron chi connectivity index (χ3n) is 1.96. The standard InChI is InChI=1S/C9H7ClN2O/c1-12-4-6(5-13)8-9(12)7(10)2-3-11-8/h2-5H,1H3. The van der Waals surface area contributed by atoms with Gasteiger partial charge in [0.15, 0.2) is 6.29 Å². The highest BCUT2D eigenvalue weighted by Crippen LogP contribution is 2.23. The minimum absolute atomic E-state index is 0.569. The molecule has 0 aliphatic heterocycles. The Kier molecular flexibility index (Phi) is 1.81. The fourth-order valence-corrected chi connectivity index (χ4v) is 1.68. The van der Waals surface area contributed by atoms with Crippen LogP contribution in [-0.2, 0) is 7.05 Å². The average molecular weight is 195 g/mol. The van der Waals surface area contributed by atoms with Crippen LogP contribution in [-0.4, -0.2) is 15.8 Å². The van der Waals surface area contributed by atoms with E-state index in [9.17, 15) is 4.79 Å². The Morgan fingerprint density at radius 3 is 3.08 bits per heavy atom. The van der Waals surface area contributed by atoms with Gasteiger partial charge in [-0.1, -0.05) is 11.6 Å². The van der Waals surface area contributed by atoms with Crippen LogP contribution in [0.2, 0.25) is 5.02 Å². The zero-order valence-electron chi connectivity index (χ0n) is 6.99. The Hall–Kier alpha value is -1.35. The molecule has 0 fully saturated rings. The van der Waals surface area contributed by atoms with Crippen LogP contribution in [0.1, 0.15) is 10.4 Å². The lowest BCUT2D eigenvalue weighted by molar-refractivity contribution is 0.112. The third-order valence-corrected chi connectivity index (χ3v) is 2.27. The van der Waals surface area contributed by atoms with Gasteiger partial charge in [-0.25, -0.2) is 0 Å². The number of nitrogens with zero attached hydrogens (tertiary/aromatic N) is 2. The van der Waals surface area contributed by atoms with E-state index >= 15 is 0 Å². The number of hydrogen-bond donors (Lipinski definition) is 0. The van der Waals surface area contributed by atoms with Crippen LogP contribution in [0.5, 0.6) is 0 Å². The first-order valence-electron chi connectivity index (χ1n) is 3.78. The summed E-state index contributed by atoms with van der Waals surface area (Å²) in [4.78, 5) is 14.7. The van der Waals surface area contributed by atoms with E-state index in [0.717, 1.165) is 11.8 Å². The molecule has 0 unspecified atom stereocenters. The first kappa shape index (κ1) is 8.26. The Bertz CT molecular complexity index is 476. The van der Waals surface area contributed by atoms with Crippen molar-refractivity contribution >= 4 is 28.9 Å². The van der Waals surface area contributed by atoms with Gasteiger partial charge in [-0.05, 0) is 6.07 Å². The van der Waals surface area contributed by atoms with Crippen LogP contribution in [0.25, 0.3) is 11.0 Å². The number of hydrogen-bond acceptors (Lipinski definition) is 2. The van der Waals surface area contributed by atoms with E-state index in [-0.39, 0.29) is 0 Å². The lowest BCUT2D eigenvalue weighted by Gasteiger charge is -1.96. The molecule has 2 heterocycles. The van der Waals surface area contributed by atoms with Gasteiger partial charge in [0.25, 0.3) is 0 Å². The highest BCUT2D eigenvalue weighted by atomic mass is 35.5. The van der Waals surface area contributed by atoms with Crippen molar-refractivity contribution in [2.75, 3.05) is 0 Å². The zero-order valence-corrected chi connectivity index (χ0v) is 7.75. The first-order valence-corrected chi connectivity index (χ1v) is 4.16. The zero-order chi connectivity index (χ0) is 9.42. The van der Waals surface area contributed by atoms with Crippen molar-refractivity contribution < 1.29 is 4.79 Å². The molecular formula is C9H7ClN2O. The molecule has 0 saturated heterocycles. The molecule has 4 heteroatoms. The van der Waals surface area contributed by atoms with Crippen LogP contribution >= 0.6 is 11.6 Å². The maximum absolute atomic E-state index is 10.6. The van der Waals surface area contributed by atoms with Gasteiger partial charge in [-0.2, -0.15) is 0 Å². The van der Waals surface area contributed by atoms with Gasteiger partial charge in [0.1, 0.15) is 5.52 Å². The summed E-state index contributed by atoms with van der Waals surface area (Å²) in [6.45, 7) is 0. The number of carbonyl (C=O) groups is 1. The number of aromatic nitrogens is 2. The minimum Gasteiger partial charge on any atom is -0.347 e. The van der Waals surface area contributed by atoms with Crippen molar-refractivity contribution in [1.29, 1.82) is 0 Å². The summed E-state index contributed by atoms with van der Waals surface area (Å²) in [5.74, 6) is 0. The summed E-state index contributed by atoms with van der Waals surface area (Å²) in [6, 6.07) is 1.71. The van der Waals surface area contributed by atoms with Gasteiger partial charge >= 0.3 is 0 Å². The van der Waals surface area contributed by atoms with Crippen molar-refractivity contribution in [3.8, 4) is 0 Å². The summed E-state index contributed by atoms with van der Waals surface area (Å²) < 4.78 is 1.80. The lowest BCUT2D eigenvalue weighted by atomic mass is 10.3. The maximum Gasteiger partial charge on any atom is 0.153 e. The summed E-state index contributed by atoms with van der Waals surface area (Å²) in [6.07, 6.45) is 4.10. The second-order valence-corrected chi connectivity index (χ2v) is 3.21. The van der Waals surface area contributed by atoms with Crippen LogP contribution in [0.4, 0.5) is 0 Å². The van der Waals surface area contributed by atoms with Crippen LogP contribution in [0.15, 0.2) is 18.5 Å². The maximum atomic E-state index is 10.6. The Balaban J connectivity index is 2.95. The number of halogens is 1. The Morgan fingerprint density at radius 2 is 2.38 bits per heavy atom. The molecule has 0 amide bonds. The molecular weight excluding hydrogens is 188 g/mol. The quantitative estimate of drug-likeness (QED) is 0.652. The minimum atomic E-state index is 0.569. The lowest BCUT2D eigenvalue weighted by Crippen LogP contribution is -1.85. The molecule has 0 spiro atoms. The van der Waals surface area contributed by atoms with Crippen LogP contribution < -0.4 is 0 Å². The smallest absolute Gasteiger partial charge is 0.153 e. The molecule has 0 bridgehead atoms. The second kappa shape index (κ2) is 2.85. The predicted octanol–water partition coefficient (Wildman–Crippen LogP) is 2.04. The van der Waals surface area contributed by atoms with Crippen molar-refractivity contribution in [2.45, 2.75) is 0 Å². The van der Waals surface area contributed by atoms with E-state index in [0.29, 0.717) is 16.1 Å². The second-order valence-electron chi connectivity index (χ2n) is 2.80. The first-order chi connectivity index (χ1) is 6.24. The molecule has 0 atom stereocenters. The van der Waals surface area contributed by atoms with Crippen LogP contribution in [0, 0.1) is 0 Å². The van der Waals surface area contributed by atoms with Crippen molar-refractivity contribution in [1.82, 2.24) is 9.55 Å². The number of rotatable bonds is 1. The summed E-state index contributed by atoms with van der Waals surface area (Å²) in [5.41, 5.74) is 2.02. The largest absolute Gasteiger partial charge is 0.347 e. The molecule has 0 radical (unpaired) electrons. The predicted molar refractivity (Wildman–Crippen MR) is 51.1 cm³/mol. The fourth-order valence-electron chi connectivity index (χ4n) is 1.40. The number of aryl methyl sites for hydroxylation is 1. The van der Waals surface area contributed by atoms with E-state index in [1.165, 1.54) is 0 Å². The van der Waals surface area contributed by atoms with Gasteiger partial charge in [0.2, 0.25) is 0 Å². The molecule has 0 aliphatic carbocycles. The van der Waals surface area contributed by atoms with E-state index in [2.05, 4.69) is 4.98 Å². The molecule has 66 valence electrons. The van der Waals surface area contributed by atoms with E-state index < -0.39 is 0 Å². The monoisotopic (exact) mass is 194 g/mol.